The summed E-state index contributed by atoms with van der Waals surface area (Å²) in [7, 11) is -2.90. The van der Waals surface area contributed by atoms with Gasteiger partial charge in [0.25, 0.3) is 10.1 Å². The summed E-state index contributed by atoms with van der Waals surface area (Å²) >= 11 is 0. The molecule has 1 aromatic heterocycles. The highest BCUT2D eigenvalue weighted by Crippen LogP contribution is 2.48. The Morgan fingerprint density at radius 1 is 0.857 bits per heavy atom. The van der Waals surface area contributed by atoms with Crippen molar-refractivity contribution < 1.29 is 61.1 Å². The van der Waals surface area contributed by atoms with E-state index in [2.05, 4.69) is 95.2 Å². The monoisotopic (exact) mass is 986 g/mol. The number of carbonyl (C=O) groups is 1. The lowest BCUT2D eigenvalue weighted by Crippen LogP contribution is -2.45. The van der Waals surface area contributed by atoms with Crippen molar-refractivity contribution >= 4 is 44.3 Å². The van der Waals surface area contributed by atoms with Crippen molar-refractivity contribution in [3.63, 3.8) is 0 Å². The first-order valence-corrected chi connectivity index (χ1v) is 25.5. The van der Waals surface area contributed by atoms with Gasteiger partial charge in [0, 0.05) is 91.2 Å². The molecular weight excluding hydrogens is 915 g/mol. The van der Waals surface area contributed by atoms with Crippen LogP contribution in [0.25, 0.3) is 11.1 Å². The summed E-state index contributed by atoms with van der Waals surface area (Å²) in [5.41, 5.74) is 6.87. The molecule has 1 unspecified atom stereocenters. The zero-order valence-corrected chi connectivity index (χ0v) is 43.1. The average Bonchev–Trinajstić information content (AvgIpc) is 3.73. The molecule has 16 heteroatoms. The highest BCUT2D eigenvalue weighted by Gasteiger charge is 2.48. The Hall–Kier alpha value is -5.49. The van der Waals surface area contributed by atoms with Crippen molar-refractivity contribution in [2.75, 3.05) is 71.3 Å². The van der Waals surface area contributed by atoms with Crippen LogP contribution in [0.5, 0.6) is 17.5 Å². The minimum Gasteiger partial charge on any atom is -0.492 e. The van der Waals surface area contributed by atoms with E-state index >= 15 is 0 Å². The van der Waals surface area contributed by atoms with Crippen LogP contribution in [0, 0.1) is 5.41 Å². The highest BCUT2D eigenvalue weighted by atomic mass is 32.2. The van der Waals surface area contributed by atoms with Crippen molar-refractivity contribution in [3.05, 3.63) is 107 Å². The molecule has 3 aliphatic rings. The second-order valence-corrected chi connectivity index (χ2v) is 21.0. The van der Waals surface area contributed by atoms with Crippen molar-refractivity contribution in [3.8, 4) is 17.5 Å². The number of methoxy groups -OCH3 is 1. The molecule has 0 bridgehead atoms. The molecule has 0 fully saturated rings. The molecule has 0 saturated carbocycles. The predicted octanol–water partition coefficient (Wildman–Crippen LogP) is 9.34. The lowest BCUT2D eigenvalue weighted by atomic mass is 9.76. The van der Waals surface area contributed by atoms with Crippen molar-refractivity contribution in [2.24, 2.45) is 5.41 Å². The first-order chi connectivity index (χ1) is 33.2. The van der Waals surface area contributed by atoms with Gasteiger partial charge in [-0.05, 0) is 89.3 Å². The van der Waals surface area contributed by atoms with E-state index in [1.54, 1.807) is 19.2 Å². The minimum atomic E-state index is -4.52. The number of anilines is 1. The van der Waals surface area contributed by atoms with Gasteiger partial charge in [-0.3, -0.25) is 4.55 Å². The zero-order valence-electron chi connectivity index (χ0n) is 42.2. The highest BCUT2D eigenvalue weighted by molar-refractivity contribution is 7.85. The molecule has 3 aliphatic heterocycles. The number of aromatic nitrogens is 1. The van der Waals surface area contributed by atoms with E-state index in [0.717, 1.165) is 51.8 Å². The molecule has 6 rings (SSSR count). The number of carbonyl (C=O) groups excluding carboxylic acids is 1. The number of hydrogen-bond acceptors (Lipinski definition) is 12. The topological polar surface area (TPSA) is 178 Å². The number of unbranched alkanes of at least 4 members (excludes halogenated alkanes) is 2. The van der Waals surface area contributed by atoms with E-state index in [0.29, 0.717) is 83.2 Å². The van der Waals surface area contributed by atoms with Gasteiger partial charge in [0.05, 0.1) is 55.5 Å². The van der Waals surface area contributed by atoms with Crippen molar-refractivity contribution in [1.82, 2.24) is 4.73 Å². The Labute approximate surface area is 413 Å². The van der Waals surface area contributed by atoms with Crippen LogP contribution in [-0.2, 0) is 39.3 Å². The standard InChI is InChI=1S/C54H71N3O12S/c1-10-56-45-36-46-42(35-41(45)38(2)37-53(56,6)7)39(33-48(68-46)52(3,4)5)17-13-11-14-18-47-54(8,24-26-65-29-30-67-32-31-66-28-27-64-9)43-34-40(70(61,62)63)20-21-44(43)55(47)25-16-12-15-19-51(60)69-57-49(58)22-23-50(57)59/h11,13-14,17-18,20-23,33-37H,10,12,15-16,19,24-32H2,1-9H3,(H2-,58,59,61,62,63)/p+1. The fourth-order valence-corrected chi connectivity index (χ4v) is 9.76. The van der Waals surface area contributed by atoms with E-state index in [9.17, 15) is 28.0 Å². The Morgan fingerprint density at radius 3 is 2.17 bits per heavy atom. The largest absolute Gasteiger partial charge is 0.492 e. The number of aromatic hydroxyl groups is 2. The fraction of sp³-hybridized carbons (Fsp3) is 0.481. The zero-order chi connectivity index (χ0) is 50.9. The summed E-state index contributed by atoms with van der Waals surface area (Å²) in [5, 5.41) is 19.8. The van der Waals surface area contributed by atoms with Crippen molar-refractivity contribution in [1.29, 1.82) is 0 Å². The molecule has 70 heavy (non-hydrogen) atoms. The minimum absolute atomic E-state index is 0.0545. The normalized spacial score (nSPS) is 18.3. The lowest BCUT2D eigenvalue weighted by molar-refractivity contribution is -0.438. The number of fused-ring (bicyclic) bond motifs is 3. The molecule has 0 radical (unpaired) electrons. The third-order valence-electron chi connectivity index (χ3n) is 12.9. The third kappa shape index (κ3) is 12.9. The molecule has 3 N–H and O–H groups in total. The Kier molecular flexibility index (Phi) is 17.8. The summed E-state index contributed by atoms with van der Waals surface area (Å²) in [5.74, 6) is 0.298. The van der Waals surface area contributed by atoms with Gasteiger partial charge in [0.1, 0.15) is 18.1 Å². The second kappa shape index (κ2) is 23.2. The molecule has 15 nitrogen and oxygen atoms in total. The van der Waals surface area contributed by atoms with Crippen molar-refractivity contribution in [2.45, 2.75) is 103 Å². The maximum absolute atomic E-state index is 12.6. The number of benzene rings is 2. The van der Waals surface area contributed by atoms with Crippen LogP contribution in [0.15, 0.2) is 95.7 Å². The lowest BCUT2D eigenvalue weighted by Gasteiger charge is -2.43. The van der Waals surface area contributed by atoms with Gasteiger partial charge in [-0.2, -0.15) is 13.0 Å². The van der Waals surface area contributed by atoms with E-state index in [1.807, 2.05) is 24.3 Å². The van der Waals surface area contributed by atoms with Gasteiger partial charge < -0.3 is 43.6 Å². The summed E-state index contributed by atoms with van der Waals surface area (Å²) in [6, 6.07) is 11.6. The van der Waals surface area contributed by atoms with Gasteiger partial charge in [-0.15, -0.1) is 4.73 Å². The van der Waals surface area contributed by atoms with Crippen LogP contribution < -0.4 is 14.5 Å². The molecule has 3 aromatic rings. The molecule has 0 saturated heterocycles. The van der Waals surface area contributed by atoms with Gasteiger partial charge >= 0.3 is 5.97 Å². The number of hydrogen-bond donors (Lipinski definition) is 3. The quantitative estimate of drug-likeness (QED) is 0.0335. The summed E-state index contributed by atoms with van der Waals surface area (Å²) in [6.07, 6.45) is 16.9. The van der Waals surface area contributed by atoms with Gasteiger partial charge in [0.15, 0.2) is 5.71 Å². The van der Waals surface area contributed by atoms with Crippen LogP contribution in [0.3, 0.4) is 0 Å². The third-order valence-corrected chi connectivity index (χ3v) is 13.7. The number of ether oxygens (including phenoxy) is 5. The summed E-state index contributed by atoms with van der Waals surface area (Å²) < 4.78 is 67.0. The Bertz CT molecular complexity index is 2650. The first-order valence-electron chi connectivity index (χ1n) is 24.1. The molecule has 4 heterocycles. The van der Waals surface area contributed by atoms with Crippen LogP contribution >= 0.6 is 0 Å². The second-order valence-electron chi connectivity index (χ2n) is 19.5. The SMILES string of the molecule is CCN1c2cc3c(cc2C(C)=CC1(C)C)C(=CC=CC=CC1=[N+](CCCCCC(=O)On2c(O)ccc2O)c2ccc(S(=O)(=O)O)cc2C1(C)CCOCCOCCOCCOC)C=C(C(C)(C)C)O3. The van der Waals surface area contributed by atoms with Crippen LogP contribution in [0.4, 0.5) is 11.4 Å². The number of allylic oxidation sites excluding steroid dienone is 9. The smallest absolute Gasteiger partial charge is 0.333 e. The number of likely N-dealkylation sites (N-methyl/N-ethyl adjacent to an activating group) is 1. The number of rotatable bonds is 24. The summed E-state index contributed by atoms with van der Waals surface area (Å²) in [4.78, 5) is 19.9. The van der Waals surface area contributed by atoms with E-state index in [1.165, 1.54) is 29.3 Å². The number of nitrogens with zero attached hydrogens (tertiary/aromatic N) is 3. The first kappa shape index (κ1) is 53.9. The molecular formula is C54H72N3O12S+. The Morgan fingerprint density at radius 2 is 1.53 bits per heavy atom. The molecule has 2 aromatic carbocycles. The van der Waals surface area contributed by atoms with E-state index in [-0.39, 0.29) is 34.0 Å². The summed E-state index contributed by atoms with van der Waals surface area (Å²) in [6.45, 7) is 21.6. The molecule has 1 atom stereocenters. The van der Waals surface area contributed by atoms with Gasteiger partial charge in [-0.1, -0.05) is 51.2 Å². The molecule has 380 valence electrons. The maximum Gasteiger partial charge on any atom is 0.333 e. The maximum atomic E-state index is 12.6. The van der Waals surface area contributed by atoms with Crippen LogP contribution in [0.1, 0.15) is 104 Å². The van der Waals surface area contributed by atoms with Crippen LogP contribution in [-0.4, -0.2) is 116 Å². The van der Waals surface area contributed by atoms with E-state index < -0.39 is 21.5 Å². The average molecular weight is 987 g/mol. The van der Waals surface area contributed by atoms with Gasteiger partial charge in [-0.25, -0.2) is 4.79 Å². The van der Waals surface area contributed by atoms with Crippen LogP contribution in [0.2, 0.25) is 0 Å². The molecule has 0 amide bonds. The molecule has 0 spiro atoms. The van der Waals surface area contributed by atoms with Gasteiger partial charge in [0.2, 0.25) is 17.4 Å². The van der Waals surface area contributed by atoms with E-state index in [4.69, 9.17) is 28.5 Å². The predicted molar refractivity (Wildman–Crippen MR) is 272 cm³/mol. The Balaban J connectivity index is 1.28. The molecule has 0 aliphatic carbocycles. The fourth-order valence-electron chi connectivity index (χ4n) is 9.25.